The molecule has 0 saturated carbocycles. The number of carbonyl (C=O) groups excluding carboxylic acids is 1. The molecule has 0 aliphatic heterocycles. The predicted molar refractivity (Wildman–Crippen MR) is 54.7 cm³/mol. The molecule has 0 fully saturated rings. The van der Waals surface area contributed by atoms with Gasteiger partial charge in [0, 0.05) is 0 Å². The zero-order valence-electron chi connectivity index (χ0n) is 9.16. The number of halogens is 2. The minimum atomic E-state index is -2.84. The van der Waals surface area contributed by atoms with E-state index < -0.39 is 29.5 Å². The molecular formula is C11H10F2O4. The lowest BCUT2D eigenvalue weighted by Gasteiger charge is -2.12. The SMILES string of the molecule is COc1c(C(=O)C(=O)O)cc(C)cc1C(F)F. The van der Waals surface area contributed by atoms with Gasteiger partial charge < -0.3 is 9.84 Å². The van der Waals surface area contributed by atoms with Crippen LogP contribution in [0.15, 0.2) is 12.1 Å². The molecule has 1 aromatic rings. The molecule has 0 bridgehead atoms. The van der Waals surface area contributed by atoms with Crippen molar-refractivity contribution < 1.29 is 28.2 Å². The Morgan fingerprint density at radius 2 is 1.94 bits per heavy atom. The lowest BCUT2D eigenvalue weighted by molar-refractivity contribution is -0.131. The number of rotatable bonds is 4. The van der Waals surface area contributed by atoms with Crippen LogP contribution in [0.25, 0.3) is 0 Å². The van der Waals surface area contributed by atoms with Gasteiger partial charge in [0.15, 0.2) is 0 Å². The third-order valence-corrected chi connectivity index (χ3v) is 2.14. The van der Waals surface area contributed by atoms with E-state index in [2.05, 4.69) is 0 Å². The van der Waals surface area contributed by atoms with E-state index in [0.29, 0.717) is 5.56 Å². The molecule has 0 spiro atoms. The van der Waals surface area contributed by atoms with E-state index in [-0.39, 0.29) is 5.56 Å². The lowest BCUT2D eigenvalue weighted by atomic mass is 10.0. The zero-order chi connectivity index (χ0) is 13.2. The summed E-state index contributed by atoms with van der Waals surface area (Å²) in [6.07, 6.45) is -2.84. The number of alkyl halides is 2. The second-order valence-corrected chi connectivity index (χ2v) is 3.37. The number of ether oxygens (including phenoxy) is 1. The first-order valence-corrected chi connectivity index (χ1v) is 4.62. The van der Waals surface area contributed by atoms with Gasteiger partial charge in [0.05, 0.1) is 18.2 Å². The van der Waals surface area contributed by atoms with Crippen molar-refractivity contribution in [1.82, 2.24) is 0 Å². The molecule has 0 atom stereocenters. The summed E-state index contributed by atoms with van der Waals surface area (Å²) in [4.78, 5) is 21.9. The first-order chi connectivity index (χ1) is 7.88. The first kappa shape index (κ1) is 13.1. The van der Waals surface area contributed by atoms with Crippen LogP contribution < -0.4 is 4.74 Å². The van der Waals surface area contributed by atoms with Crippen molar-refractivity contribution in [2.75, 3.05) is 7.11 Å². The molecule has 0 aliphatic rings. The maximum atomic E-state index is 12.7. The fraction of sp³-hybridized carbons (Fsp3) is 0.273. The Morgan fingerprint density at radius 3 is 2.35 bits per heavy atom. The van der Waals surface area contributed by atoms with Crippen LogP contribution in [0.1, 0.15) is 27.9 Å². The summed E-state index contributed by atoms with van der Waals surface area (Å²) in [5, 5.41) is 8.58. The summed E-state index contributed by atoms with van der Waals surface area (Å²) in [6.45, 7) is 1.49. The second kappa shape index (κ2) is 4.90. The molecule has 17 heavy (non-hydrogen) atoms. The number of benzene rings is 1. The predicted octanol–water partition coefficient (Wildman–Crippen LogP) is 2.21. The topological polar surface area (TPSA) is 63.6 Å². The lowest BCUT2D eigenvalue weighted by Crippen LogP contribution is -2.15. The average molecular weight is 244 g/mol. The van der Waals surface area contributed by atoms with Gasteiger partial charge in [-0.3, -0.25) is 4.79 Å². The molecule has 0 heterocycles. The molecule has 0 amide bonds. The van der Waals surface area contributed by atoms with Crippen molar-refractivity contribution >= 4 is 11.8 Å². The van der Waals surface area contributed by atoms with Crippen LogP contribution in [-0.2, 0) is 4.79 Å². The van der Waals surface area contributed by atoms with Crippen LogP contribution in [-0.4, -0.2) is 24.0 Å². The van der Waals surface area contributed by atoms with E-state index in [1.165, 1.54) is 13.0 Å². The normalized spacial score (nSPS) is 10.4. The van der Waals surface area contributed by atoms with Crippen molar-refractivity contribution in [3.05, 3.63) is 28.8 Å². The highest BCUT2D eigenvalue weighted by molar-refractivity contribution is 6.40. The third kappa shape index (κ3) is 2.58. The Balaban J connectivity index is 3.48. The standard InChI is InChI=1S/C11H10F2O4/c1-5-3-6(8(14)11(15)16)9(17-2)7(4-5)10(12)13/h3-4,10H,1-2H3,(H,15,16). The van der Waals surface area contributed by atoms with Crippen molar-refractivity contribution in [2.24, 2.45) is 0 Å². The number of Topliss-reactive ketones (excluding diaryl/α,β-unsaturated/α-hetero) is 1. The quantitative estimate of drug-likeness (QED) is 0.651. The van der Waals surface area contributed by atoms with Crippen LogP contribution >= 0.6 is 0 Å². The summed E-state index contributed by atoms with van der Waals surface area (Å²) in [5.74, 6) is -3.38. The van der Waals surface area contributed by atoms with Gasteiger partial charge in [-0.05, 0) is 24.6 Å². The molecule has 92 valence electrons. The number of aryl methyl sites for hydroxylation is 1. The summed E-state index contributed by atoms with van der Waals surface area (Å²) in [6, 6.07) is 2.36. The largest absolute Gasteiger partial charge is 0.495 e. The maximum absolute atomic E-state index is 12.7. The Morgan fingerprint density at radius 1 is 1.35 bits per heavy atom. The van der Waals surface area contributed by atoms with Crippen molar-refractivity contribution in [3.63, 3.8) is 0 Å². The number of carboxylic acid groups (broad SMARTS) is 1. The maximum Gasteiger partial charge on any atom is 0.377 e. The highest BCUT2D eigenvalue weighted by Crippen LogP contribution is 2.33. The summed E-state index contributed by atoms with van der Waals surface area (Å²) in [5.41, 5.74) is -0.488. The number of methoxy groups -OCH3 is 1. The fourth-order valence-electron chi connectivity index (χ4n) is 1.47. The molecular weight excluding hydrogens is 234 g/mol. The molecule has 0 aliphatic carbocycles. The van der Waals surface area contributed by atoms with E-state index in [1.54, 1.807) is 0 Å². The van der Waals surface area contributed by atoms with Gasteiger partial charge in [0.2, 0.25) is 0 Å². The molecule has 1 N–H and O–H groups in total. The highest BCUT2D eigenvalue weighted by Gasteiger charge is 2.25. The number of carboxylic acids is 1. The third-order valence-electron chi connectivity index (χ3n) is 2.14. The van der Waals surface area contributed by atoms with Gasteiger partial charge in [-0.15, -0.1) is 0 Å². The molecule has 0 saturated heterocycles. The molecule has 6 heteroatoms. The fourth-order valence-corrected chi connectivity index (χ4v) is 1.47. The number of hydrogen-bond acceptors (Lipinski definition) is 3. The van der Waals surface area contributed by atoms with Crippen molar-refractivity contribution in [1.29, 1.82) is 0 Å². The van der Waals surface area contributed by atoms with Gasteiger partial charge in [-0.2, -0.15) is 0 Å². The second-order valence-electron chi connectivity index (χ2n) is 3.37. The molecule has 1 aromatic carbocycles. The van der Waals surface area contributed by atoms with Crippen LogP contribution in [0.5, 0.6) is 5.75 Å². The zero-order valence-corrected chi connectivity index (χ0v) is 9.16. The van der Waals surface area contributed by atoms with Crippen LogP contribution in [0.3, 0.4) is 0 Å². The minimum Gasteiger partial charge on any atom is -0.495 e. The Labute approximate surface area is 95.8 Å². The van der Waals surface area contributed by atoms with Crippen LogP contribution in [0.4, 0.5) is 8.78 Å². The van der Waals surface area contributed by atoms with E-state index >= 15 is 0 Å². The molecule has 0 aromatic heterocycles. The van der Waals surface area contributed by atoms with Crippen LogP contribution in [0, 0.1) is 6.92 Å². The Bertz CT molecular complexity index is 469. The van der Waals surface area contributed by atoms with E-state index in [4.69, 9.17) is 9.84 Å². The Kier molecular flexibility index (Phi) is 3.77. The molecule has 0 unspecified atom stereocenters. The van der Waals surface area contributed by atoms with Gasteiger partial charge in [0.1, 0.15) is 5.75 Å². The molecule has 1 rings (SSSR count). The number of carbonyl (C=O) groups is 2. The Hall–Kier alpha value is -1.98. The number of hydrogen-bond donors (Lipinski definition) is 1. The summed E-state index contributed by atoms with van der Waals surface area (Å²) < 4.78 is 30.1. The van der Waals surface area contributed by atoms with Gasteiger partial charge in [0.25, 0.3) is 12.2 Å². The van der Waals surface area contributed by atoms with E-state index in [0.717, 1.165) is 13.2 Å². The van der Waals surface area contributed by atoms with Gasteiger partial charge in [-0.1, -0.05) is 0 Å². The molecule has 0 radical (unpaired) electrons. The smallest absolute Gasteiger partial charge is 0.377 e. The average Bonchev–Trinajstić information content (AvgIpc) is 2.26. The monoisotopic (exact) mass is 244 g/mol. The number of aliphatic carboxylic acids is 1. The van der Waals surface area contributed by atoms with E-state index in [1.807, 2.05) is 0 Å². The first-order valence-electron chi connectivity index (χ1n) is 4.62. The van der Waals surface area contributed by atoms with Crippen molar-refractivity contribution in [2.45, 2.75) is 13.3 Å². The van der Waals surface area contributed by atoms with Gasteiger partial charge >= 0.3 is 5.97 Å². The van der Waals surface area contributed by atoms with Crippen LogP contribution in [0.2, 0.25) is 0 Å². The van der Waals surface area contributed by atoms with Gasteiger partial charge in [-0.25, -0.2) is 13.6 Å². The number of ketones is 1. The summed E-state index contributed by atoms with van der Waals surface area (Å²) >= 11 is 0. The summed E-state index contributed by atoms with van der Waals surface area (Å²) in [7, 11) is 1.11. The highest BCUT2D eigenvalue weighted by atomic mass is 19.3. The minimum absolute atomic E-state index is 0.365. The molecule has 4 nitrogen and oxygen atoms in total. The van der Waals surface area contributed by atoms with Crippen molar-refractivity contribution in [3.8, 4) is 5.75 Å². The van der Waals surface area contributed by atoms with E-state index in [9.17, 15) is 18.4 Å².